The van der Waals surface area contributed by atoms with Crippen LogP contribution in [0.2, 0.25) is 5.02 Å². The van der Waals surface area contributed by atoms with E-state index in [2.05, 4.69) is 28.2 Å². The molecule has 0 fully saturated rings. The number of nitrogens with one attached hydrogen (secondary N) is 1. The van der Waals surface area contributed by atoms with E-state index >= 15 is 0 Å². The highest BCUT2D eigenvalue weighted by Gasteiger charge is 2.07. The Balaban J connectivity index is 2.81. The number of methoxy groups -OCH3 is 1. The van der Waals surface area contributed by atoms with Crippen molar-refractivity contribution in [2.45, 2.75) is 19.9 Å². The molecule has 0 aliphatic rings. The SMILES string of the molecule is COCC(C)Nc1cc(Cl)c(C)cc1Br. The summed E-state index contributed by atoms with van der Waals surface area (Å²) in [5.74, 6) is 0. The Morgan fingerprint density at radius 2 is 2.20 bits per heavy atom. The smallest absolute Gasteiger partial charge is 0.0661 e. The fraction of sp³-hybridized carbons (Fsp3) is 0.455. The topological polar surface area (TPSA) is 21.3 Å². The first-order chi connectivity index (χ1) is 7.04. The maximum Gasteiger partial charge on any atom is 0.0661 e. The Kier molecular flexibility index (Phi) is 4.90. The Hall–Kier alpha value is -0.250. The molecule has 2 nitrogen and oxygen atoms in total. The van der Waals surface area contributed by atoms with Gasteiger partial charge in [0.1, 0.15) is 0 Å². The Morgan fingerprint density at radius 3 is 2.80 bits per heavy atom. The molecule has 1 N–H and O–H groups in total. The second kappa shape index (κ2) is 5.73. The zero-order valence-corrected chi connectivity index (χ0v) is 11.4. The molecule has 84 valence electrons. The van der Waals surface area contributed by atoms with Crippen molar-refractivity contribution in [1.82, 2.24) is 0 Å². The van der Waals surface area contributed by atoms with Gasteiger partial charge >= 0.3 is 0 Å². The van der Waals surface area contributed by atoms with Gasteiger partial charge in [-0.2, -0.15) is 0 Å². The van der Waals surface area contributed by atoms with Gasteiger partial charge in [0.25, 0.3) is 0 Å². The van der Waals surface area contributed by atoms with Gasteiger partial charge in [-0.25, -0.2) is 0 Å². The normalized spacial score (nSPS) is 12.6. The highest BCUT2D eigenvalue weighted by atomic mass is 79.9. The second-order valence-corrected chi connectivity index (χ2v) is 4.84. The van der Waals surface area contributed by atoms with Gasteiger partial charge in [-0.1, -0.05) is 11.6 Å². The summed E-state index contributed by atoms with van der Waals surface area (Å²) in [6, 6.07) is 4.18. The van der Waals surface area contributed by atoms with Crippen LogP contribution in [-0.4, -0.2) is 19.8 Å². The molecule has 1 unspecified atom stereocenters. The van der Waals surface area contributed by atoms with Crippen molar-refractivity contribution < 1.29 is 4.74 Å². The maximum atomic E-state index is 6.05. The number of benzene rings is 1. The van der Waals surface area contributed by atoms with E-state index in [9.17, 15) is 0 Å². The summed E-state index contributed by atoms with van der Waals surface area (Å²) in [7, 11) is 1.69. The summed E-state index contributed by atoms with van der Waals surface area (Å²) < 4.78 is 6.08. The average Bonchev–Trinajstić information content (AvgIpc) is 2.14. The first kappa shape index (κ1) is 12.8. The van der Waals surface area contributed by atoms with E-state index in [1.807, 2.05) is 19.1 Å². The average molecular weight is 293 g/mol. The molecule has 0 aliphatic heterocycles. The lowest BCUT2D eigenvalue weighted by Crippen LogP contribution is -2.21. The van der Waals surface area contributed by atoms with Gasteiger partial charge in [-0.15, -0.1) is 0 Å². The van der Waals surface area contributed by atoms with Crippen molar-refractivity contribution in [3.8, 4) is 0 Å². The fourth-order valence-electron chi connectivity index (χ4n) is 1.31. The Bertz CT molecular complexity index is 344. The minimum atomic E-state index is 0.255. The second-order valence-electron chi connectivity index (χ2n) is 3.58. The summed E-state index contributed by atoms with van der Waals surface area (Å²) in [5, 5.41) is 4.09. The van der Waals surface area contributed by atoms with Crippen LogP contribution >= 0.6 is 27.5 Å². The maximum absolute atomic E-state index is 6.05. The van der Waals surface area contributed by atoms with Gasteiger partial charge in [0.15, 0.2) is 0 Å². The van der Waals surface area contributed by atoms with Crippen molar-refractivity contribution in [2.75, 3.05) is 19.0 Å². The van der Waals surface area contributed by atoms with E-state index in [1.165, 1.54) is 0 Å². The monoisotopic (exact) mass is 291 g/mol. The number of anilines is 1. The van der Waals surface area contributed by atoms with Gasteiger partial charge in [-0.05, 0) is 47.5 Å². The largest absolute Gasteiger partial charge is 0.383 e. The van der Waals surface area contributed by atoms with Crippen LogP contribution in [0.4, 0.5) is 5.69 Å². The molecule has 0 heterocycles. The van der Waals surface area contributed by atoms with Crippen LogP contribution in [0, 0.1) is 6.92 Å². The van der Waals surface area contributed by atoms with Crippen molar-refractivity contribution in [2.24, 2.45) is 0 Å². The minimum absolute atomic E-state index is 0.255. The third-order valence-electron chi connectivity index (χ3n) is 2.07. The van der Waals surface area contributed by atoms with Crippen LogP contribution in [0.1, 0.15) is 12.5 Å². The molecular formula is C11H15BrClNO. The summed E-state index contributed by atoms with van der Waals surface area (Å²) >= 11 is 9.55. The van der Waals surface area contributed by atoms with Crippen LogP contribution in [-0.2, 0) is 4.74 Å². The summed E-state index contributed by atoms with van der Waals surface area (Å²) in [6.07, 6.45) is 0. The minimum Gasteiger partial charge on any atom is -0.383 e. The van der Waals surface area contributed by atoms with Crippen LogP contribution in [0.25, 0.3) is 0 Å². The molecule has 1 aromatic carbocycles. The Morgan fingerprint density at radius 1 is 1.53 bits per heavy atom. The molecule has 0 radical (unpaired) electrons. The summed E-state index contributed by atoms with van der Waals surface area (Å²) in [5.41, 5.74) is 2.06. The lowest BCUT2D eigenvalue weighted by Gasteiger charge is -2.16. The summed E-state index contributed by atoms with van der Waals surface area (Å²) in [4.78, 5) is 0. The standard InChI is InChI=1S/C11H15BrClNO/c1-7-4-9(12)11(5-10(7)13)14-8(2)6-15-3/h4-5,8,14H,6H2,1-3H3. The zero-order valence-electron chi connectivity index (χ0n) is 9.10. The quantitative estimate of drug-likeness (QED) is 0.910. The molecule has 0 saturated carbocycles. The molecule has 0 bridgehead atoms. The third kappa shape index (κ3) is 3.67. The van der Waals surface area contributed by atoms with E-state index < -0.39 is 0 Å². The molecule has 1 rings (SSSR count). The molecule has 4 heteroatoms. The van der Waals surface area contributed by atoms with E-state index in [0.29, 0.717) is 6.61 Å². The van der Waals surface area contributed by atoms with Crippen LogP contribution in [0.15, 0.2) is 16.6 Å². The first-order valence-corrected chi connectivity index (χ1v) is 5.92. The van der Waals surface area contributed by atoms with E-state index in [-0.39, 0.29) is 6.04 Å². The van der Waals surface area contributed by atoms with Crippen molar-refractivity contribution in [3.05, 3.63) is 27.2 Å². The van der Waals surface area contributed by atoms with E-state index in [0.717, 1.165) is 20.7 Å². The highest BCUT2D eigenvalue weighted by Crippen LogP contribution is 2.29. The predicted molar refractivity (Wildman–Crippen MR) is 68.8 cm³/mol. The highest BCUT2D eigenvalue weighted by molar-refractivity contribution is 9.10. The van der Waals surface area contributed by atoms with Gasteiger partial charge < -0.3 is 10.1 Å². The fourth-order valence-corrected chi connectivity index (χ4v) is 2.05. The van der Waals surface area contributed by atoms with Gasteiger partial charge in [-0.3, -0.25) is 0 Å². The molecule has 0 aliphatic carbocycles. The molecule has 1 atom stereocenters. The molecule has 1 aromatic rings. The molecule has 0 saturated heterocycles. The molecule has 0 aromatic heterocycles. The van der Waals surface area contributed by atoms with Crippen molar-refractivity contribution in [3.63, 3.8) is 0 Å². The zero-order chi connectivity index (χ0) is 11.4. The Labute approximate surface area is 104 Å². The van der Waals surface area contributed by atoms with Gasteiger partial charge in [0.05, 0.1) is 12.3 Å². The van der Waals surface area contributed by atoms with Crippen LogP contribution < -0.4 is 5.32 Å². The first-order valence-electron chi connectivity index (χ1n) is 4.75. The number of halogens is 2. The van der Waals surface area contributed by atoms with Crippen molar-refractivity contribution >= 4 is 33.2 Å². The van der Waals surface area contributed by atoms with Crippen LogP contribution in [0.5, 0.6) is 0 Å². The number of aryl methyl sites for hydroxylation is 1. The third-order valence-corrected chi connectivity index (χ3v) is 3.13. The number of hydrogen-bond acceptors (Lipinski definition) is 2. The lowest BCUT2D eigenvalue weighted by atomic mass is 10.2. The number of hydrogen-bond donors (Lipinski definition) is 1. The molecule has 0 amide bonds. The number of rotatable bonds is 4. The van der Waals surface area contributed by atoms with Crippen LogP contribution in [0.3, 0.4) is 0 Å². The molecule has 0 spiro atoms. The van der Waals surface area contributed by atoms with E-state index in [4.69, 9.17) is 16.3 Å². The lowest BCUT2D eigenvalue weighted by molar-refractivity contribution is 0.190. The summed E-state index contributed by atoms with van der Waals surface area (Å²) in [6.45, 7) is 4.71. The predicted octanol–water partition coefficient (Wildman–Crippen LogP) is 3.86. The molecule has 15 heavy (non-hydrogen) atoms. The number of ether oxygens (including phenoxy) is 1. The molecular weight excluding hydrogens is 277 g/mol. The van der Waals surface area contributed by atoms with Gasteiger partial charge in [0, 0.05) is 22.6 Å². The van der Waals surface area contributed by atoms with E-state index in [1.54, 1.807) is 7.11 Å². The van der Waals surface area contributed by atoms with Gasteiger partial charge in [0.2, 0.25) is 0 Å². The van der Waals surface area contributed by atoms with Crippen molar-refractivity contribution in [1.29, 1.82) is 0 Å².